The van der Waals surface area contributed by atoms with Crippen molar-refractivity contribution >= 4 is 5.91 Å². The standard InChI is InChI=1S/C13H21N3O2/c1-9-6-12(8-18-9)13(17)14-5-3-4-11-7-15-16-10(11)2/h7,9,12H,3-6,8H2,1-2H3,(H,14,17)(H,15,16). The van der Waals surface area contributed by atoms with Gasteiger partial charge in [0.2, 0.25) is 5.91 Å². The van der Waals surface area contributed by atoms with Gasteiger partial charge >= 0.3 is 0 Å². The number of aromatic amines is 1. The molecule has 1 aliphatic heterocycles. The van der Waals surface area contributed by atoms with Crippen LogP contribution in [0.4, 0.5) is 0 Å². The van der Waals surface area contributed by atoms with Crippen molar-refractivity contribution in [3.8, 4) is 0 Å². The first kappa shape index (κ1) is 13.1. The first-order valence-electron chi connectivity index (χ1n) is 6.55. The fourth-order valence-corrected chi connectivity index (χ4v) is 2.26. The van der Waals surface area contributed by atoms with Crippen LogP contribution in [-0.4, -0.2) is 35.4 Å². The highest BCUT2D eigenvalue weighted by molar-refractivity contribution is 5.79. The van der Waals surface area contributed by atoms with Crippen LogP contribution in [-0.2, 0) is 16.0 Å². The first-order valence-corrected chi connectivity index (χ1v) is 6.55. The second kappa shape index (κ2) is 6.00. The molecule has 2 unspecified atom stereocenters. The summed E-state index contributed by atoms with van der Waals surface area (Å²) in [6, 6.07) is 0. The van der Waals surface area contributed by atoms with Crippen molar-refractivity contribution in [2.24, 2.45) is 5.92 Å². The van der Waals surface area contributed by atoms with Gasteiger partial charge in [-0.3, -0.25) is 9.89 Å². The molecule has 100 valence electrons. The van der Waals surface area contributed by atoms with Crippen LogP contribution < -0.4 is 5.32 Å². The van der Waals surface area contributed by atoms with Gasteiger partial charge in [-0.05, 0) is 38.7 Å². The predicted octanol–water partition coefficient (Wildman–Crippen LogP) is 1.19. The van der Waals surface area contributed by atoms with Crippen LogP contribution in [0.2, 0.25) is 0 Å². The van der Waals surface area contributed by atoms with E-state index in [4.69, 9.17) is 4.74 Å². The number of amides is 1. The molecule has 2 atom stereocenters. The summed E-state index contributed by atoms with van der Waals surface area (Å²) < 4.78 is 5.39. The Balaban J connectivity index is 1.64. The molecule has 5 nitrogen and oxygen atoms in total. The van der Waals surface area contributed by atoms with Crippen LogP contribution in [0, 0.1) is 12.8 Å². The monoisotopic (exact) mass is 251 g/mol. The summed E-state index contributed by atoms with van der Waals surface area (Å²) in [5, 5.41) is 9.87. The lowest BCUT2D eigenvalue weighted by Crippen LogP contribution is -2.32. The molecule has 2 rings (SSSR count). The average molecular weight is 251 g/mol. The number of rotatable bonds is 5. The molecule has 1 saturated heterocycles. The Bertz CT molecular complexity index is 403. The van der Waals surface area contributed by atoms with E-state index in [1.165, 1.54) is 5.56 Å². The third kappa shape index (κ3) is 3.32. The molecule has 2 N–H and O–H groups in total. The Morgan fingerprint density at radius 2 is 2.50 bits per heavy atom. The summed E-state index contributed by atoms with van der Waals surface area (Å²) >= 11 is 0. The van der Waals surface area contributed by atoms with Crippen molar-refractivity contribution in [1.29, 1.82) is 0 Å². The van der Waals surface area contributed by atoms with Gasteiger partial charge in [-0.25, -0.2) is 0 Å². The van der Waals surface area contributed by atoms with Gasteiger partial charge in [0.25, 0.3) is 0 Å². The van der Waals surface area contributed by atoms with Crippen LogP contribution in [0.3, 0.4) is 0 Å². The zero-order chi connectivity index (χ0) is 13.0. The molecular weight excluding hydrogens is 230 g/mol. The van der Waals surface area contributed by atoms with Gasteiger partial charge in [-0.1, -0.05) is 0 Å². The SMILES string of the molecule is Cc1[nH]ncc1CCCNC(=O)C1COC(C)C1. The van der Waals surface area contributed by atoms with E-state index >= 15 is 0 Å². The maximum absolute atomic E-state index is 11.8. The fourth-order valence-electron chi connectivity index (χ4n) is 2.26. The van der Waals surface area contributed by atoms with Gasteiger partial charge in [0, 0.05) is 12.2 Å². The van der Waals surface area contributed by atoms with Crippen molar-refractivity contribution in [2.45, 2.75) is 39.2 Å². The van der Waals surface area contributed by atoms with E-state index < -0.39 is 0 Å². The number of aromatic nitrogens is 2. The molecule has 0 radical (unpaired) electrons. The smallest absolute Gasteiger partial charge is 0.225 e. The van der Waals surface area contributed by atoms with Crippen molar-refractivity contribution < 1.29 is 9.53 Å². The van der Waals surface area contributed by atoms with Crippen molar-refractivity contribution in [2.75, 3.05) is 13.2 Å². The van der Waals surface area contributed by atoms with Crippen LogP contribution >= 0.6 is 0 Å². The van der Waals surface area contributed by atoms with E-state index in [9.17, 15) is 4.79 Å². The maximum atomic E-state index is 11.8. The van der Waals surface area contributed by atoms with E-state index in [1.807, 2.05) is 20.0 Å². The van der Waals surface area contributed by atoms with Gasteiger partial charge in [-0.15, -0.1) is 0 Å². The Morgan fingerprint density at radius 1 is 1.67 bits per heavy atom. The normalized spacial score (nSPS) is 23.2. The predicted molar refractivity (Wildman–Crippen MR) is 68.2 cm³/mol. The summed E-state index contributed by atoms with van der Waals surface area (Å²) in [5.41, 5.74) is 2.33. The topological polar surface area (TPSA) is 67.0 Å². The number of hydrogen-bond acceptors (Lipinski definition) is 3. The largest absolute Gasteiger partial charge is 0.378 e. The summed E-state index contributed by atoms with van der Waals surface area (Å²) in [5.74, 6) is 0.166. The van der Waals surface area contributed by atoms with Crippen molar-refractivity contribution in [3.63, 3.8) is 0 Å². The number of aryl methyl sites for hydroxylation is 2. The fraction of sp³-hybridized carbons (Fsp3) is 0.692. The van der Waals surface area contributed by atoms with Crippen molar-refractivity contribution in [3.05, 3.63) is 17.5 Å². The summed E-state index contributed by atoms with van der Waals surface area (Å²) in [7, 11) is 0. The Morgan fingerprint density at radius 3 is 3.11 bits per heavy atom. The number of carbonyl (C=O) groups excluding carboxylic acids is 1. The molecule has 0 aromatic carbocycles. The molecule has 18 heavy (non-hydrogen) atoms. The second-order valence-corrected chi connectivity index (χ2v) is 4.99. The molecule has 2 heterocycles. The summed E-state index contributed by atoms with van der Waals surface area (Å²) in [6.45, 7) is 5.30. The number of nitrogens with one attached hydrogen (secondary N) is 2. The highest BCUT2D eigenvalue weighted by Gasteiger charge is 2.27. The van der Waals surface area contributed by atoms with E-state index in [-0.39, 0.29) is 17.9 Å². The lowest BCUT2D eigenvalue weighted by Gasteiger charge is -2.09. The van der Waals surface area contributed by atoms with Crippen molar-refractivity contribution in [1.82, 2.24) is 15.5 Å². The Kier molecular flexibility index (Phi) is 4.36. The number of nitrogens with zero attached hydrogens (tertiary/aromatic N) is 1. The number of hydrogen-bond donors (Lipinski definition) is 2. The van der Waals surface area contributed by atoms with E-state index in [2.05, 4.69) is 15.5 Å². The molecule has 1 aromatic heterocycles. The molecular formula is C13H21N3O2. The third-order valence-corrected chi connectivity index (χ3v) is 3.43. The quantitative estimate of drug-likeness (QED) is 0.773. The first-order chi connectivity index (χ1) is 8.66. The molecule has 1 fully saturated rings. The number of H-pyrrole nitrogens is 1. The van der Waals surface area contributed by atoms with Gasteiger partial charge in [0.15, 0.2) is 0 Å². The molecule has 1 amide bonds. The van der Waals surface area contributed by atoms with E-state index in [1.54, 1.807) is 0 Å². The minimum Gasteiger partial charge on any atom is -0.378 e. The number of carbonyl (C=O) groups is 1. The van der Waals surface area contributed by atoms with Crippen LogP contribution in [0.25, 0.3) is 0 Å². The summed E-state index contributed by atoms with van der Waals surface area (Å²) in [4.78, 5) is 11.8. The Hall–Kier alpha value is -1.36. The van der Waals surface area contributed by atoms with Gasteiger partial charge in [0.1, 0.15) is 0 Å². The van der Waals surface area contributed by atoms with Crippen LogP contribution in [0.1, 0.15) is 31.0 Å². The minimum atomic E-state index is 0.0376. The zero-order valence-corrected chi connectivity index (χ0v) is 11.0. The zero-order valence-electron chi connectivity index (χ0n) is 11.0. The van der Waals surface area contributed by atoms with Gasteiger partial charge in [0.05, 0.1) is 24.8 Å². The molecule has 1 aliphatic rings. The van der Waals surface area contributed by atoms with Gasteiger partial charge < -0.3 is 10.1 Å². The molecule has 5 heteroatoms. The van der Waals surface area contributed by atoms with E-state index in [0.29, 0.717) is 13.2 Å². The maximum Gasteiger partial charge on any atom is 0.225 e. The minimum absolute atomic E-state index is 0.0376. The Labute approximate surface area is 107 Å². The third-order valence-electron chi connectivity index (χ3n) is 3.43. The summed E-state index contributed by atoms with van der Waals surface area (Å²) in [6.07, 6.45) is 4.79. The lowest BCUT2D eigenvalue weighted by atomic mass is 10.1. The van der Waals surface area contributed by atoms with Crippen LogP contribution in [0.5, 0.6) is 0 Å². The molecule has 0 spiro atoms. The molecule has 0 saturated carbocycles. The number of ether oxygens (including phenoxy) is 1. The molecule has 1 aromatic rings. The molecule has 0 aliphatic carbocycles. The highest BCUT2D eigenvalue weighted by atomic mass is 16.5. The lowest BCUT2D eigenvalue weighted by molar-refractivity contribution is -0.124. The average Bonchev–Trinajstić information content (AvgIpc) is 2.94. The highest BCUT2D eigenvalue weighted by Crippen LogP contribution is 2.18. The second-order valence-electron chi connectivity index (χ2n) is 4.99. The molecule has 0 bridgehead atoms. The van der Waals surface area contributed by atoms with E-state index in [0.717, 1.165) is 25.0 Å². The van der Waals surface area contributed by atoms with Gasteiger partial charge in [-0.2, -0.15) is 5.10 Å². The van der Waals surface area contributed by atoms with Crippen LogP contribution in [0.15, 0.2) is 6.20 Å².